The number of hydrogen-bond donors (Lipinski definition) is 3. The molecule has 2 amide bonds. The molecule has 1 atom stereocenters. The second-order valence-corrected chi connectivity index (χ2v) is 12.3. The summed E-state index contributed by atoms with van der Waals surface area (Å²) in [5.74, 6) is -0.227. The Kier molecular flexibility index (Phi) is 7.60. The Morgan fingerprint density at radius 3 is 2.27 bits per heavy atom. The molecule has 1 unspecified atom stereocenters. The second kappa shape index (κ2) is 10.9. The summed E-state index contributed by atoms with van der Waals surface area (Å²) < 4.78 is 12.0. The van der Waals surface area contributed by atoms with Gasteiger partial charge < -0.3 is 25.2 Å². The minimum atomic E-state index is -1.26. The van der Waals surface area contributed by atoms with Crippen LogP contribution in [0.4, 0.5) is 10.5 Å². The van der Waals surface area contributed by atoms with E-state index < -0.39 is 17.7 Å². The van der Waals surface area contributed by atoms with Crippen molar-refractivity contribution >= 4 is 17.7 Å². The quantitative estimate of drug-likeness (QED) is 0.281. The lowest BCUT2D eigenvalue weighted by atomic mass is 9.81. The molecule has 0 saturated heterocycles. The molecule has 216 valence electrons. The van der Waals surface area contributed by atoms with Crippen molar-refractivity contribution in [3.63, 3.8) is 0 Å². The van der Waals surface area contributed by atoms with Gasteiger partial charge in [0.2, 0.25) is 0 Å². The maximum Gasteiger partial charge on any atom is 0.337 e. The van der Waals surface area contributed by atoms with Crippen molar-refractivity contribution in [2.75, 3.05) is 11.9 Å². The fourth-order valence-electron chi connectivity index (χ4n) is 5.63. The zero-order chi connectivity index (χ0) is 29.6. The van der Waals surface area contributed by atoms with E-state index in [9.17, 15) is 14.7 Å². The monoisotopic (exact) mass is 556 g/mol. The summed E-state index contributed by atoms with van der Waals surface area (Å²) in [6.45, 7) is 14.2. The Hall–Kier alpha value is -3.84. The van der Waals surface area contributed by atoms with Crippen LogP contribution < -0.4 is 15.4 Å². The van der Waals surface area contributed by atoms with Crippen molar-refractivity contribution in [2.45, 2.75) is 85.5 Å². The van der Waals surface area contributed by atoms with Crippen LogP contribution in [-0.4, -0.2) is 35.4 Å². The average molecular weight is 557 g/mol. The Morgan fingerprint density at radius 2 is 1.63 bits per heavy atom. The molecule has 0 radical (unpaired) electrons. The first-order valence-electron chi connectivity index (χ1n) is 14.3. The van der Waals surface area contributed by atoms with Crippen molar-refractivity contribution in [1.29, 1.82) is 0 Å². The van der Waals surface area contributed by atoms with Crippen LogP contribution in [0.5, 0.6) is 5.75 Å². The van der Waals surface area contributed by atoms with Crippen LogP contribution in [0, 0.1) is 27.7 Å². The van der Waals surface area contributed by atoms with Gasteiger partial charge in [-0.25, -0.2) is 9.59 Å². The maximum atomic E-state index is 13.2. The molecule has 41 heavy (non-hydrogen) atoms. The molecule has 1 aliphatic heterocycles. The van der Waals surface area contributed by atoms with Crippen molar-refractivity contribution < 1.29 is 24.2 Å². The summed E-state index contributed by atoms with van der Waals surface area (Å²) in [7, 11) is 0. The fraction of sp³-hybridized carbons (Fsp3) is 0.412. The van der Waals surface area contributed by atoms with Crippen LogP contribution in [0.25, 0.3) is 22.3 Å². The van der Waals surface area contributed by atoms with Gasteiger partial charge in [-0.05, 0) is 118 Å². The fourth-order valence-corrected chi connectivity index (χ4v) is 5.63. The average Bonchev–Trinajstić information content (AvgIpc) is 3.57. The van der Waals surface area contributed by atoms with Gasteiger partial charge in [-0.3, -0.25) is 0 Å². The molecule has 3 N–H and O–H groups in total. The zero-order valence-electron chi connectivity index (χ0n) is 25.0. The second-order valence-electron chi connectivity index (χ2n) is 12.3. The molecule has 5 rings (SSSR count). The first-order chi connectivity index (χ1) is 19.3. The number of carbonyl (C=O) groups is 2. The summed E-state index contributed by atoms with van der Waals surface area (Å²) >= 11 is 0. The predicted molar refractivity (Wildman–Crippen MR) is 162 cm³/mol. The summed E-state index contributed by atoms with van der Waals surface area (Å²) in [6, 6.07) is 12.2. The highest BCUT2D eigenvalue weighted by molar-refractivity contribution is 6.01. The van der Waals surface area contributed by atoms with E-state index in [0.29, 0.717) is 23.4 Å². The van der Waals surface area contributed by atoms with Crippen LogP contribution >= 0.6 is 0 Å². The van der Waals surface area contributed by atoms with Crippen LogP contribution in [0.3, 0.4) is 0 Å². The maximum absolute atomic E-state index is 13.2. The van der Waals surface area contributed by atoms with Gasteiger partial charge in [0, 0.05) is 23.6 Å². The highest BCUT2D eigenvalue weighted by Crippen LogP contribution is 2.47. The molecule has 1 heterocycles. The van der Waals surface area contributed by atoms with E-state index in [0.717, 1.165) is 64.0 Å². The minimum Gasteiger partial charge on any atom is -0.493 e. The Morgan fingerprint density at radius 1 is 0.951 bits per heavy atom. The first-order valence-corrected chi connectivity index (χ1v) is 14.3. The number of nitrogens with one attached hydrogen (secondary N) is 2. The van der Waals surface area contributed by atoms with E-state index in [4.69, 9.17) is 9.47 Å². The molecule has 1 saturated carbocycles. The van der Waals surface area contributed by atoms with Crippen molar-refractivity contribution in [2.24, 2.45) is 0 Å². The normalized spacial score (nSPS) is 15.2. The third-order valence-electron chi connectivity index (χ3n) is 7.93. The highest BCUT2D eigenvalue weighted by atomic mass is 16.5. The number of carbonyl (C=O) groups excluding carboxylic acids is 1. The SMILES string of the molecule is Cc1ccc(-c2c(C)c(-c3ccc4c(c3)CCO4)c(C(OC(C)(C)C)C(=O)O)c(C)c2NC(=O)NC2CC2)cc1C. The number of rotatable bonds is 7. The Bertz CT molecular complexity index is 1530. The molecule has 0 bridgehead atoms. The largest absolute Gasteiger partial charge is 0.493 e. The van der Waals surface area contributed by atoms with Crippen LogP contribution in [0.1, 0.15) is 73.1 Å². The van der Waals surface area contributed by atoms with Crippen molar-refractivity contribution in [1.82, 2.24) is 5.32 Å². The lowest BCUT2D eigenvalue weighted by molar-refractivity contribution is -0.160. The van der Waals surface area contributed by atoms with Gasteiger partial charge in [0.15, 0.2) is 6.10 Å². The van der Waals surface area contributed by atoms with Crippen molar-refractivity contribution in [3.05, 3.63) is 69.8 Å². The van der Waals surface area contributed by atoms with Gasteiger partial charge in [-0.15, -0.1) is 0 Å². The van der Waals surface area contributed by atoms with E-state index >= 15 is 0 Å². The number of anilines is 1. The molecule has 0 spiro atoms. The zero-order valence-corrected chi connectivity index (χ0v) is 25.0. The summed E-state index contributed by atoms with van der Waals surface area (Å²) in [4.78, 5) is 26.1. The highest BCUT2D eigenvalue weighted by Gasteiger charge is 2.35. The number of carboxylic acid groups (broad SMARTS) is 1. The Balaban J connectivity index is 1.83. The van der Waals surface area contributed by atoms with Gasteiger partial charge in [-0.2, -0.15) is 0 Å². The molecular weight excluding hydrogens is 516 g/mol. The van der Waals surface area contributed by atoms with Gasteiger partial charge >= 0.3 is 12.0 Å². The molecule has 3 aromatic rings. The van der Waals surface area contributed by atoms with E-state index in [1.54, 1.807) is 0 Å². The molecule has 1 fully saturated rings. The van der Waals surface area contributed by atoms with Crippen molar-refractivity contribution in [3.8, 4) is 28.0 Å². The Labute approximate surface area is 242 Å². The minimum absolute atomic E-state index is 0.171. The van der Waals surface area contributed by atoms with Crippen LogP contribution in [-0.2, 0) is 16.0 Å². The van der Waals surface area contributed by atoms with Gasteiger partial charge in [0.05, 0.1) is 17.9 Å². The molecule has 2 aliphatic rings. The van der Waals surface area contributed by atoms with Gasteiger partial charge in [0.1, 0.15) is 5.75 Å². The number of carboxylic acids is 1. The number of urea groups is 1. The molecule has 0 aromatic heterocycles. The summed E-state index contributed by atoms with van der Waals surface area (Å²) in [5, 5.41) is 16.7. The van der Waals surface area contributed by atoms with E-state index in [1.165, 1.54) is 5.56 Å². The van der Waals surface area contributed by atoms with Crippen LogP contribution in [0.15, 0.2) is 36.4 Å². The van der Waals surface area contributed by atoms with Crippen LogP contribution in [0.2, 0.25) is 0 Å². The summed E-state index contributed by atoms with van der Waals surface area (Å²) in [6.07, 6.45) is 1.46. The molecular formula is C34H40N2O5. The van der Waals surface area contributed by atoms with Gasteiger partial charge in [0.25, 0.3) is 0 Å². The lowest BCUT2D eigenvalue weighted by Gasteiger charge is -2.31. The number of amides is 2. The molecule has 3 aromatic carbocycles. The van der Waals surface area contributed by atoms with E-state index in [2.05, 4.69) is 48.7 Å². The third-order valence-corrected chi connectivity index (χ3v) is 7.93. The smallest absolute Gasteiger partial charge is 0.337 e. The first kappa shape index (κ1) is 28.7. The predicted octanol–water partition coefficient (Wildman–Crippen LogP) is 7.41. The van der Waals surface area contributed by atoms with E-state index in [1.807, 2.05) is 46.8 Å². The molecule has 7 heteroatoms. The van der Waals surface area contributed by atoms with E-state index in [-0.39, 0.29) is 12.1 Å². The third kappa shape index (κ3) is 5.96. The number of hydrogen-bond acceptors (Lipinski definition) is 4. The van der Waals surface area contributed by atoms with Gasteiger partial charge in [-0.1, -0.05) is 24.3 Å². The number of aliphatic carboxylic acids is 1. The number of benzene rings is 3. The number of fused-ring (bicyclic) bond motifs is 1. The summed E-state index contributed by atoms with van der Waals surface area (Å²) in [5.41, 5.74) is 8.86. The number of aryl methyl sites for hydroxylation is 2. The molecule has 1 aliphatic carbocycles. The number of ether oxygens (including phenoxy) is 2. The topological polar surface area (TPSA) is 96.9 Å². The lowest BCUT2D eigenvalue weighted by Crippen LogP contribution is -2.32. The molecule has 7 nitrogen and oxygen atoms in total. The standard InChI is InChI=1S/C34H40N2O5/c1-18-8-9-23(16-19(18)2)28-20(3)27(24-10-13-26-22(17-24)14-15-40-26)29(31(32(37)38)41-34(5,6)7)21(4)30(28)36-33(39)35-25-11-12-25/h8-10,13,16-17,25,31H,11-12,14-15H2,1-7H3,(H,37,38)(H2,35,36,39).